The predicted molar refractivity (Wildman–Crippen MR) is 86.0 cm³/mol. The minimum atomic E-state index is -2.92. The number of rotatable bonds is 5. The summed E-state index contributed by atoms with van der Waals surface area (Å²) in [6.07, 6.45) is 1.56. The van der Waals surface area contributed by atoms with E-state index in [-0.39, 0.29) is 18.2 Å². The number of nitrogens with zero attached hydrogens (tertiary/aromatic N) is 1. The number of ether oxygens (including phenoxy) is 1. The van der Waals surface area contributed by atoms with Crippen LogP contribution < -0.4 is 10.1 Å². The molecule has 0 saturated heterocycles. The third-order valence-electron chi connectivity index (χ3n) is 3.52. The molecule has 1 aromatic heterocycles. The zero-order valence-corrected chi connectivity index (χ0v) is 12.6. The van der Waals surface area contributed by atoms with Crippen LogP contribution in [0.2, 0.25) is 0 Å². The van der Waals surface area contributed by atoms with E-state index in [0.29, 0.717) is 11.3 Å². The lowest BCUT2D eigenvalue weighted by Gasteiger charge is -2.11. The van der Waals surface area contributed by atoms with Gasteiger partial charge in [-0.3, -0.25) is 9.78 Å². The van der Waals surface area contributed by atoms with Gasteiger partial charge in [0.05, 0.1) is 0 Å². The lowest BCUT2D eigenvalue weighted by molar-refractivity contribution is -0.0504. The maximum Gasteiger partial charge on any atom is 0.387 e. The molecule has 0 aliphatic heterocycles. The summed E-state index contributed by atoms with van der Waals surface area (Å²) >= 11 is 0. The average Bonchev–Trinajstić information content (AvgIpc) is 2.60. The second kappa shape index (κ2) is 7.04. The predicted octanol–water partition coefficient (Wildman–Crippen LogP) is 3.77. The highest BCUT2D eigenvalue weighted by molar-refractivity contribution is 6.05. The van der Waals surface area contributed by atoms with Crippen LogP contribution in [0.25, 0.3) is 10.8 Å². The highest BCUT2D eigenvalue weighted by Gasteiger charge is 2.13. The van der Waals surface area contributed by atoms with Crippen molar-refractivity contribution >= 4 is 16.7 Å². The molecular weight excluding hydrogens is 314 g/mol. The fourth-order valence-corrected chi connectivity index (χ4v) is 2.42. The van der Waals surface area contributed by atoms with Crippen LogP contribution in [0.3, 0.4) is 0 Å². The van der Waals surface area contributed by atoms with Crippen LogP contribution in [0.5, 0.6) is 5.75 Å². The van der Waals surface area contributed by atoms with Crippen LogP contribution in [-0.4, -0.2) is 17.5 Å². The van der Waals surface area contributed by atoms with Gasteiger partial charge in [0, 0.05) is 23.7 Å². The normalized spacial score (nSPS) is 10.8. The number of aromatic nitrogens is 1. The van der Waals surface area contributed by atoms with Gasteiger partial charge in [-0.1, -0.05) is 42.5 Å². The smallest absolute Gasteiger partial charge is 0.387 e. The number of alkyl halides is 2. The number of nitrogens with one attached hydrogen (secondary N) is 1. The molecule has 0 aliphatic carbocycles. The van der Waals surface area contributed by atoms with Gasteiger partial charge >= 0.3 is 6.61 Å². The number of amides is 1. The first kappa shape index (κ1) is 15.9. The number of halogens is 2. The molecule has 24 heavy (non-hydrogen) atoms. The second-order valence-corrected chi connectivity index (χ2v) is 5.05. The van der Waals surface area contributed by atoms with Crippen LogP contribution in [0.1, 0.15) is 16.1 Å². The minimum absolute atomic E-state index is 0.0404. The van der Waals surface area contributed by atoms with Crippen LogP contribution in [0, 0.1) is 0 Å². The Morgan fingerprint density at radius 1 is 1.08 bits per heavy atom. The summed E-state index contributed by atoms with van der Waals surface area (Å²) in [6.45, 7) is -2.85. The standard InChI is InChI=1S/C18H14F2N2O2/c19-18(20)24-15-8-4-2-6-13(15)11-22-17(23)16-14-7-3-1-5-12(14)9-10-21-16/h1-10,18H,11H2,(H,22,23). The summed E-state index contributed by atoms with van der Waals surface area (Å²) in [7, 11) is 0. The fourth-order valence-electron chi connectivity index (χ4n) is 2.42. The number of carbonyl (C=O) groups excluding carboxylic acids is 1. The van der Waals surface area contributed by atoms with Gasteiger partial charge in [0.2, 0.25) is 0 Å². The highest BCUT2D eigenvalue weighted by atomic mass is 19.3. The van der Waals surface area contributed by atoms with Gasteiger partial charge in [0.15, 0.2) is 0 Å². The SMILES string of the molecule is O=C(NCc1ccccc1OC(F)F)c1nccc2ccccc12. The van der Waals surface area contributed by atoms with Crippen molar-refractivity contribution in [1.82, 2.24) is 10.3 Å². The molecule has 1 N–H and O–H groups in total. The van der Waals surface area contributed by atoms with E-state index in [1.807, 2.05) is 30.3 Å². The molecule has 0 radical (unpaired) electrons. The number of para-hydroxylation sites is 1. The van der Waals surface area contributed by atoms with Gasteiger partial charge in [0.1, 0.15) is 11.4 Å². The Morgan fingerprint density at radius 2 is 1.83 bits per heavy atom. The number of pyridine rings is 1. The van der Waals surface area contributed by atoms with E-state index >= 15 is 0 Å². The van der Waals surface area contributed by atoms with E-state index in [9.17, 15) is 13.6 Å². The Labute approximate surface area is 137 Å². The van der Waals surface area contributed by atoms with Crippen molar-refractivity contribution in [2.75, 3.05) is 0 Å². The third-order valence-corrected chi connectivity index (χ3v) is 3.52. The van der Waals surface area contributed by atoms with Gasteiger partial charge in [-0.2, -0.15) is 8.78 Å². The van der Waals surface area contributed by atoms with E-state index in [0.717, 1.165) is 10.8 Å². The molecule has 3 rings (SSSR count). The van der Waals surface area contributed by atoms with E-state index in [2.05, 4.69) is 15.0 Å². The van der Waals surface area contributed by atoms with Crippen LogP contribution >= 0.6 is 0 Å². The summed E-state index contributed by atoms with van der Waals surface area (Å²) in [5.41, 5.74) is 0.756. The molecule has 0 spiro atoms. The second-order valence-electron chi connectivity index (χ2n) is 5.05. The largest absolute Gasteiger partial charge is 0.434 e. The summed E-state index contributed by atoms with van der Waals surface area (Å²) in [5, 5.41) is 4.33. The molecule has 1 heterocycles. The van der Waals surface area contributed by atoms with Crippen molar-refractivity contribution in [1.29, 1.82) is 0 Å². The summed E-state index contributed by atoms with van der Waals surface area (Å²) in [5.74, 6) is -0.336. The molecule has 122 valence electrons. The number of benzene rings is 2. The minimum Gasteiger partial charge on any atom is -0.434 e. The molecular formula is C18H14F2N2O2. The summed E-state index contributed by atoms with van der Waals surface area (Å²) in [6, 6.07) is 15.6. The number of hydrogen-bond donors (Lipinski definition) is 1. The lowest BCUT2D eigenvalue weighted by atomic mass is 10.1. The Kier molecular flexibility index (Phi) is 4.65. The van der Waals surface area contributed by atoms with Gasteiger partial charge in [-0.05, 0) is 17.5 Å². The molecule has 3 aromatic rings. The monoisotopic (exact) mass is 328 g/mol. The van der Waals surface area contributed by atoms with Gasteiger partial charge < -0.3 is 10.1 Å². The van der Waals surface area contributed by atoms with Crippen molar-refractivity contribution in [2.24, 2.45) is 0 Å². The number of carbonyl (C=O) groups is 1. The van der Waals surface area contributed by atoms with Crippen molar-refractivity contribution in [3.63, 3.8) is 0 Å². The van der Waals surface area contributed by atoms with Gasteiger partial charge in [-0.25, -0.2) is 0 Å². The first-order valence-electron chi connectivity index (χ1n) is 7.30. The Morgan fingerprint density at radius 3 is 2.67 bits per heavy atom. The van der Waals surface area contributed by atoms with Gasteiger partial charge in [-0.15, -0.1) is 0 Å². The molecule has 0 saturated carbocycles. The maximum atomic E-state index is 12.4. The van der Waals surface area contributed by atoms with Crippen LogP contribution in [0.4, 0.5) is 8.78 Å². The zero-order chi connectivity index (χ0) is 16.9. The highest BCUT2D eigenvalue weighted by Crippen LogP contribution is 2.21. The van der Waals surface area contributed by atoms with Crippen LogP contribution in [0.15, 0.2) is 60.8 Å². The molecule has 2 aromatic carbocycles. The van der Waals surface area contributed by atoms with Crippen molar-refractivity contribution < 1.29 is 18.3 Å². The molecule has 0 atom stereocenters. The molecule has 0 fully saturated rings. The van der Waals surface area contributed by atoms with Gasteiger partial charge in [0.25, 0.3) is 5.91 Å². The quantitative estimate of drug-likeness (QED) is 0.776. The Bertz CT molecular complexity index is 863. The van der Waals surface area contributed by atoms with E-state index in [1.54, 1.807) is 24.4 Å². The van der Waals surface area contributed by atoms with E-state index in [4.69, 9.17) is 0 Å². The van der Waals surface area contributed by atoms with Crippen molar-refractivity contribution in [3.05, 3.63) is 72.1 Å². The van der Waals surface area contributed by atoms with Crippen LogP contribution in [-0.2, 0) is 6.54 Å². The molecule has 1 amide bonds. The van der Waals surface area contributed by atoms with E-state index in [1.165, 1.54) is 6.07 Å². The Balaban J connectivity index is 1.79. The summed E-state index contributed by atoms with van der Waals surface area (Å²) in [4.78, 5) is 16.5. The van der Waals surface area contributed by atoms with Crippen molar-refractivity contribution in [2.45, 2.75) is 13.2 Å². The van der Waals surface area contributed by atoms with Crippen molar-refractivity contribution in [3.8, 4) is 5.75 Å². The molecule has 0 bridgehead atoms. The molecule has 4 nitrogen and oxygen atoms in total. The first-order chi connectivity index (χ1) is 11.6. The lowest BCUT2D eigenvalue weighted by Crippen LogP contribution is -2.24. The maximum absolute atomic E-state index is 12.4. The molecule has 6 heteroatoms. The molecule has 0 aliphatic rings. The zero-order valence-electron chi connectivity index (χ0n) is 12.6. The Hall–Kier alpha value is -3.02. The number of fused-ring (bicyclic) bond motifs is 1. The third kappa shape index (κ3) is 3.48. The first-order valence-corrected chi connectivity index (χ1v) is 7.30. The summed E-state index contributed by atoms with van der Waals surface area (Å²) < 4.78 is 29.3. The topological polar surface area (TPSA) is 51.2 Å². The average molecular weight is 328 g/mol. The number of hydrogen-bond acceptors (Lipinski definition) is 3. The fraction of sp³-hybridized carbons (Fsp3) is 0.111. The van der Waals surface area contributed by atoms with E-state index < -0.39 is 6.61 Å². The molecule has 0 unspecified atom stereocenters.